The van der Waals surface area contributed by atoms with Gasteiger partial charge in [-0.3, -0.25) is 4.79 Å². The molecule has 9 heteroatoms. The first kappa shape index (κ1) is 22.3. The van der Waals surface area contributed by atoms with E-state index >= 15 is 0 Å². The Kier molecular flexibility index (Phi) is 5.92. The molecule has 0 bridgehead atoms. The molecule has 1 saturated carbocycles. The van der Waals surface area contributed by atoms with Crippen molar-refractivity contribution in [3.05, 3.63) is 74.4 Å². The van der Waals surface area contributed by atoms with Crippen LogP contribution in [0.25, 0.3) is 5.57 Å². The Morgan fingerprint density at radius 3 is 2.35 bits per heavy atom. The quantitative estimate of drug-likeness (QED) is 0.495. The third-order valence-corrected chi connectivity index (χ3v) is 6.24. The van der Waals surface area contributed by atoms with Gasteiger partial charge < -0.3 is 10.1 Å². The Balaban J connectivity index is 1.57. The molecule has 1 heterocycles. The van der Waals surface area contributed by atoms with Gasteiger partial charge in [0.05, 0.1) is 6.26 Å². The van der Waals surface area contributed by atoms with Crippen LogP contribution in [0.1, 0.15) is 36.0 Å². The maximum Gasteiger partial charge on any atom is 0.432 e. The predicted molar refractivity (Wildman–Crippen MR) is 114 cm³/mol. The van der Waals surface area contributed by atoms with Crippen LogP contribution in [0.15, 0.2) is 42.7 Å². The molecule has 31 heavy (non-hydrogen) atoms. The van der Waals surface area contributed by atoms with Gasteiger partial charge in [0.15, 0.2) is 0 Å². The Morgan fingerprint density at radius 1 is 1.10 bits per heavy atom. The van der Waals surface area contributed by atoms with Crippen molar-refractivity contribution in [2.24, 2.45) is 5.92 Å². The number of halogens is 6. The molecule has 0 radical (unpaired) electrons. The molecular weight excluding hydrogens is 474 g/mol. The van der Waals surface area contributed by atoms with E-state index < -0.39 is 18.2 Å². The first-order valence-electron chi connectivity index (χ1n) is 9.56. The lowest BCUT2D eigenvalue weighted by atomic mass is 9.86. The lowest BCUT2D eigenvalue weighted by Crippen LogP contribution is -2.42. The number of hydrogen-bond acceptors (Lipinski definition) is 2. The van der Waals surface area contributed by atoms with E-state index in [-0.39, 0.29) is 34.0 Å². The number of rotatable bonds is 5. The molecule has 0 spiro atoms. The zero-order chi connectivity index (χ0) is 22.4. The molecule has 1 N–H and O–H groups in total. The van der Waals surface area contributed by atoms with E-state index in [0.29, 0.717) is 21.7 Å². The van der Waals surface area contributed by atoms with Crippen molar-refractivity contribution in [1.82, 2.24) is 5.32 Å². The fourth-order valence-corrected chi connectivity index (χ4v) is 4.32. The molecule has 1 amide bonds. The molecule has 1 aliphatic heterocycles. The van der Waals surface area contributed by atoms with E-state index in [4.69, 9.17) is 39.5 Å². The Hall–Kier alpha value is -1.89. The maximum absolute atomic E-state index is 14.1. The summed E-state index contributed by atoms with van der Waals surface area (Å²) in [6.07, 6.45) is -2.28. The van der Waals surface area contributed by atoms with Crippen molar-refractivity contribution < 1.29 is 22.7 Å². The highest BCUT2D eigenvalue weighted by molar-refractivity contribution is 6.34. The molecule has 2 aliphatic rings. The minimum atomic E-state index is -4.71. The standard InChI is InChI=1S/C22H17Cl3F3NO2/c23-17-6-16(7-18(24)8-17)21(22(26,27)28)9-15(11-31-21)13-3-4-14(19(25)5-13)10-29-20(30)12-1-2-12/h3-8,11-12H,1-2,9-10H2,(H,29,30). The number of ether oxygens (including phenoxy) is 1. The highest BCUT2D eigenvalue weighted by atomic mass is 35.5. The van der Waals surface area contributed by atoms with Crippen molar-refractivity contribution in [2.45, 2.75) is 37.6 Å². The van der Waals surface area contributed by atoms with Gasteiger partial charge in [-0.05, 0) is 53.8 Å². The van der Waals surface area contributed by atoms with Gasteiger partial charge in [-0.15, -0.1) is 0 Å². The monoisotopic (exact) mass is 489 g/mol. The van der Waals surface area contributed by atoms with Crippen molar-refractivity contribution in [1.29, 1.82) is 0 Å². The molecule has 0 saturated heterocycles. The number of alkyl halides is 3. The first-order chi connectivity index (χ1) is 14.6. The second-order valence-electron chi connectivity index (χ2n) is 7.72. The second kappa shape index (κ2) is 8.23. The van der Waals surface area contributed by atoms with Gasteiger partial charge >= 0.3 is 6.18 Å². The molecule has 1 atom stereocenters. The number of amides is 1. The molecule has 4 rings (SSSR count). The molecule has 3 nitrogen and oxygen atoms in total. The summed E-state index contributed by atoms with van der Waals surface area (Å²) < 4.78 is 47.6. The van der Waals surface area contributed by atoms with Gasteiger partial charge in [-0.2, -0.15) is 13.2 Å². The van der Waals surface area contributed by atoms with Crippen LogP contribution in [0.2, 0.25) is 15.1 Å². The third kappa shape index (κ3) is 4.52. The molecule has 164 valence electrons. The van der Waals surface area contributed by atoms with Crippen molar-refractivity contribution in [3.63, 3.8) is 0 Å². The summed E-state index contributed by atoms with van der Waals surface area (Å²) in [5, 5.41) is 3.34. The molecule has 2 aromatic carbocycles. The number of nitrogens with one attached hydrogen (secondary N) is 1. The van der Waals surface area contributed by atoms with E-state index in [0.717, 1.165) is 19.1 Å². The fraction of sp³-hybridized carbons (Fsp3) is 0.318. The molecule has 1 unspecified atom stereocenters. The van der Waals surface area contributed by atoms with Crippen molar-refractivity contribution in [2.75, 3.05) is 0 Å². The van der Waals surface area contributed by atoms with E-state index in [1.807, 2.05) is 0 Å². The fourth-order valence-electron chi connectivity index (χ4n) is 3.54. The SMILES string of the molecule is O=C(NCc1ccc(C2=COC(c3cc(Cl)cc(Cl)c3)(C(F)(F)F)C2)cc1Cl)C1CC1. The predicted octanol–water partition coefficient (Wildman–Crippen LogP) is 6.89. The Morgan fingerprint density at radius 2 is 1.77 bits per heavy atom. The largest absolute Gasteiger partial charge is 0.480 e. The number of carbonyl (C=O) groups is 1. The van der Waals surface area contributed by atoms with Gasteiger partial charge in [-0.25, -0.2) is 0 Å². The number of hydrogen-bond donors (Lipinski definition) is 1. The normalized spacial score (nSPS) is 20.9. The average Bonchev–Trinajstić information content (AvgIpc) is 3.43. The van der Waals surface area contributed by atoms with Crippen LogP contribution in [0.3, 0.4) is 0 Å². The van der Waals surface area contributed by atoms with Crippen LogP contribution in [-0.2, 0) is 21.7 Å². The van der Waals surface area contributed by atoms with Gasteiger partial charge in [0.1, 0.15) is 0 Å². The van der Waals surface area contributed by atoms with Gasteiger partial charge in [0, 0.05) is 39.5 Å². The van der Waals surface area contributed by atoms with Crippen molar-refractivity contribution >= 4 is 46.3 Å². The third-order valence-electron chi connectivity index (χ3n) is 5.45. The van der Waals surface area contributed by atoms with Crippen LogP contribution in [0.4, 0.5) is 13.2 Å². The average molecular weight is 491 g/mol. The van der Waals surface area contributed by atoms with Crippen LogP contribution in [0, 0.1) is 5.92 Å². The van der Waals surface area contributed by atoms with E-state index in [9.17, 15) is 18.0 Å². The lowest BCUT2D eigenvalue weighted by Gasteiger charge is -2.32. The van der Waals surface area contributed by atoms with Crippen molar-refractivity contribution in [3.8, 4) is 0 Å². The summed E-state index contributed by atoms with van der Waals surface area (Å²) in [6, 6.07) is 8.70. The molecule has 1 aliphatic carbocycles. The minimum Gasteiger partial charge on any atom is -0.480 e. The summed E-state index contributed by atoms with van der Waals surface area (Å²) >= 11 is 18.2. The topological polar surface area (TPSA) is 38.3 Å². The lowest BCUT2D eigenvalue weighted by molar-refractivity contribution is -0.260. The van der Waals surface area contributed by atoms with Gasteiger partial charge in [-0.1, -0.05) is 46.9 Å². The summed E-state index contributed by atoms with van der Waals surface area (Å²) in [5.74, 6) is 0.0662. The molecular formula is C22H17Cl3F3NO2. The summed E-state index contributed by atoms with van der Waals surface area (Å²) in [4.78, 5) is 11.8. The smallest absolute Gasteiger partial charge is 0.432 e. The molecule has 2 aromatic rings. The van der Waals surface area contributed by atoms with Gasteiger partial charge in [0.2, 0.25) is 11.5 Å². The Labute approximate surface area is 192 Å². The highest BCUT2D eigenvalue weighted by Crippen LogP contribution is 2.52. The van der Waals surface area contributed by atoms with Crippen LogP contribution in [0.5, 0.6) is 0 Å². The Bertz CT molecular complexity index is 1050. The number of carbonyl (C=O) groups excluding carboxylic acids is 1. The van der Waals surface area contributed by atoms with Gasteiger partial charge in [0.25, 0.3) is 0 Å². The van der Waals surface area contributed by atoms with Crippen LogP contribution >= 0.6 is 34.8 Å². The second-order valence-corrected chi connectivity index (χ2v) is 9.00. The first-order valence-corrected chi connectivity index (χ1v) is 10.7. The summed E-state index contributed by atoms with van der Waals surface area (Å²) in [5.41, 5.74) is -1.25. The zero-order valence-corrected chi connectivity index (χ0v) is 18.3. The summed E-state index contributed by atoms with van der Waals surface area (Å²) in [7, 11) is 0. The zero-order valence-electron chi connectivity index (χ0n) is 16.0. The van der Waals surface area contributed by atoms with E-state index in [1.54, 1.807) is 18.2 Å². The van der Waals surface area contributed by atoms with E-state index in [2.05, 4.69) is 5.32 Å². The summed E-state index contributed by atoms with van der Waals surface area (Å²) in [6.45, 7) is 0.261. The molecule has 1 fully saturated rings. The maximum atomic E-state index is 14.1. The van der Waals surface area contributed by atoms with Crippen LogP contribution in [-0.4, -0.2) is 12.1 Å². The van der Waals surface area contributed by atoms with E-state index in [1.165, 1.54) is 18.2 Å². The van der Waals surface area contributed by atoms with Crippen LogP contribution < -0.4 is 5.32 Å². The number of benzene rings is 2. The molecule has 0 aromatic heterocycles. The minimum absolute atomic E-state index is 0.0119. The highest BCUT2D eigenvalue weighted by Gasteiger charge is 2.60.